The second kappa shape index (κ2) is 43.3. The maximum atomic E-state index is 8.48. The van der Waals surface area contributed by atoms with Gasteiger partial charge in [0, 0.05) is 0 Å². The first-order chi connectivity index (χ1) is 24.0. The van der Waals surface area contributed by atoms with Crippen LogP contribution in [0.5, 0.6) is 0 Å². The van der Waals surface area contributed by atoms with E-state index >= 15 is 0 Å². The molecule has 0 bridgehead atoms. The van der Waals surface area contributed by atoms with Crippen molar-refractivity contribution in [2.24, 2.45) is 0 Å². The van der Waals surface area contributed by atoms with E-state index in [2.05, 4.69) is 55.9 Å². The molecule has 50 heavy (non-hydrogen) atoms. The fourth-order valence-corrected chi connectivity index (χ4v) is 6.92. The Morgan fingerprint density at radius 2 is 0.420 bits per heavy atom. The molecule has 0 spiro atoms. The lowest BCUT2D eigenvalue weighted by Crippen LogP contribution is -2.41. The van der Waals surface area contributed by atoms with Crippen LogP contribution in [0.15, 0.2) is 0 Å². The minimum absolute atomic E-state index is 1.24. The zero-order chi connectivity index (χ0) is 38.0. The number of hydrogen-bond acceptors (Lipinski definition) is 3. The number of unbranched alkanes of at least 4 members (excludes halogenated alkanes) is 28. The number of hydrogen-bond donors (Lipinski definition) is 0. The van der Waals surface area contributed by atoms with E-state index in [4.69, 9.17) is 14.4 Å². The summed E-state index contributed by atoms with van der Waals surface area (Å²) in [6.45, 7) is 14.7. The van der Waals surface area contributed by atoms with Gasteiger partial charge in [-0.1, -0.05) is 186 Å². The molecule has 0 radical (unpaired) electrons. The van der Waals surface area contributed by atoms with E-state index in [0.717, 1.165) is 0 Å². The van der Waals surface area contributed by atoms with Crippen LogP contribution in [0.2, 0.25) is 0 Å². The van der Waals surface area contributed by atoms with Crippen LogP contribution in [0.3, 0.4) is 0 Å². The quantitative estimate of drug-likeness (QED) is 0.0366. The molecule has 0 aliphatic heterocycles. The highest BCUT2D eigenvalue weighted by molar-refractivity contribution is 7.27. The van der Waals surface area contributed by atoms with Crippen molar-refractivity contribution in [3.8, 4) is 0 Å². The molecule has 5 nitrogen and oxygen atoms in total. The van der Waals surface area contributed by atoms with Gasteiger partial charge in [-0.15, -0.1) is 0 Å². The Balaban J connectivity index is -0.000000797. The summed E-state index contributed by atoms with van der Waals surface area (Å²) in [5, 5.41) is 0. The van der Waals surface area contributed by atoms with E-state index in [-0.39, 0.29) is 0 Å². The van der Waals surface area contributed by atoms with Crippen LogP contribution in [-0.2, 0) is 4.57 Å². The second-order valence-corrected chi connectivity index (χ2v) is 17.3. The molecule has 0 aromatic heterocycles. The summed E-state index contributed by atoms with van der Waals surface area (Å²) in [5.74, 6) is 0. The molecule has 0 aliphatic rings. The molecule has 0 aromatic rings. The summed E-state index contributed by atoms with van der Waals surface area (Å²) in [6.07, 6.45) is 46.1. The van der Waals surface area contributed by atoms with Crippen LogP contribution in [-0.4, -0.2) is 63.3 Å². The zero-order valence-corrected chi connectivity index (χ0v) is 36.9. The van der Waals surface area contributed by atoms with E-state index in [9.17, 15) is 0 Å². The first-order valence-electron chi connectivity index (χ1n) is 22.4. The molecule has 0 saturated heterocycles. The lowest BCUT2D eigenvalue weighted by atomic mass is 10.1. The fourth-order valence-electron chi connectivity index (χ4n) is 6.92. The molecule has 304 valence electrons. The molecule has 0 aliphatic carbocycles. The number of quaternary nitrogens is 2. The molecule has 0 fully saturated rings. The Labute approximate surface area is 318 Å². The van der Waals surface area contributed by atoms with Gasteiger partial charge in [0.1, 0.15) is 0 Å². The van der Waals surface area contributed by atoms with Gasteiger partial charge in [0.15, 0.2) is 0 Å². The van der Waals surface area contributed by atoms with Gasteiger partial charge in [-0.3, -0.25) is 0 Å². The van der Waals surface area contributed by atoms with Crippen LogP contribution >= 0.6 is 8.25 Å². The molecule has 0 atom stereocenters. The molecule has 0 N–H and O–H groups in total. The van der Waals surface area contributed by atoms with E-state index in [1.54, 1.807) is 0 Å². The third-order valence-electron chi connectivity index (χ3n) is 10.5. The van der Waals surface area contributed by atoms with E-state index in [0.29, 0.717) is 0 Å². The van der Waals surface area contributed by atoms with E-state index in [1.807, 2.05) is 0 Å². The Bertz CT molecular complexity index is 549. The highest BCUT2D eigenvalue weighted by atomic mass is 31.1. The van der Waals surface area contributed by atoms with Crippen molar-refractivity contribution >= 4 is 8.25 Å². The monoisotopic (exact) mass is 732 g/mol. The van der Waals surface area contributed by atoms with Crippen LogP contribution < -0.4 is 9.79 Å². The van der Waals surface area contributed by atoms with Crippen molar-refractivity contribution in [2.75, 3.05) is 54.4 Å². The van der Waals surface area contributed by atoms with Crippen LogP contribution in [0.1, 0.15) is 233 Å². The summed E-state index contributed by atoms with van der Waals surface area (Å²) in [4.78, 5) is 17.0. The molecule has 6 heteroatoms. The van der Waals surface area contributed by atoms with Crippen molar-refractivity contribution in [3.63, 3.8) is 0 Å². The molecule has 0 amide bonds. The Kier molecular flexibility index (Phi) is 47.1. The SMILES string of the molecule is CCCCCCCCCC[N+](C)(C)CCCCCCCCCC.CCCCCCCCCC[N+](C)(C)CCCCCCCCCC.O=[P+]([O-])[O-]. The van der Waals surface area contributed by atoms with Crippen molar-refractivity contribution in [1.29, 1.82) is 0 Å². The maximum Gasteiger partial charge on any atom is 0.276 e. The number of nitrogens with zero attached hydrogens (tertiary/aromatic N) is 2. The Morgan fingerprint density at radius 3 is 0.560 bits per heavy atom. The minimum atomic E-state index is -3.37. The smallest absolute Gasteiger partial charge is 0.276 e. The predicted molar refractivity (Wildman–Crippen MR) is 222 cm³/mol. The summed E-state index contributed by atoms with van der Waals surface area (Å²) in [5.41, 5.74) is 0. The Hall–Kier alpha value is -0.0600. The highest BCUT2D eigenvalue weighted by Gasteiger charge is 2.14. The third-order valence-corrected chi connectivity index (χ3v) is 10.5. The van der Waals surface area contributed by atoms with Gasteiger partial charge in [-0.05, 0) is 51.4 Å². The predicted octanol–water partition coefficient (Wildman–Crippen LogP) is 13.1. The maximum absolute atomic E-state index is 8.48. The van der Waals surface area contributed by atoms with Gasteiger partial charge in [-0.2, -0.15) is 0 Å². The summed E-state index contributed by atoms with van der Waals surface area (Å²) < 4.78 is 11.0. The molecular weight excluding hydrogens is 635 g/mol. The average molecular weight is 732 g/mol. The van der Waals surface area contributed by atoms with Crippen LogP contribution in [0.25, 0.3) is 0 Å². The first-order valence-corrected chi connectivity index (χ1v) is 23.5. The summed E-state index contributed by atoms with van der Waals surface area (Å²) in [7, 11) is 6.36. The standard InChI is InChI=1S/2C22H48N.HO3P/c2*1-5-7-9-11-13-15-17-19-21-23(3,4)22-20-18-16-14-12-10-8-6-2;1-4(2)3/h2*5-22H2,1-4H3;(H,1,2,3)/q2*+1;/p-1. The van der Waals surface area contributed by atoms with Crippen molar-refractivity contribution in [1.82, 2.24) is 0 Å². The number of rotatable bonds is 36. The molecular formula is C44H96N2O3P+. The third kappa shape index (κ3) is 54.7. The van der Waals surface area contributed by atoms with Crippen LogP contribution in [0, 0.1) is 0 Å². The summed E-state index contributed by atoms with van der Waals surface area (Å²) in [6, 6.07) is 0. The zero-order valence-electron chi connectivity index (χ0n) is 36.0. The first kappa shape index (κ1) is 54.3. The normalized spacial score (nSPS) is 11.6. The molecule has 0 heterocycles. The van der Waals surface area contributed by atoms with Crippen molar-refractivity contribution in [2.45, 2.75) is 233 Å². The van der Waals surface area contributed by atoms with Gasteiger partial charge in [-0.25, -0.2) is 0 Å². The molecule has 0 rings (SSSR count). The average Bonchev–Trinajstić information content (AvgIpc) is 3.06. The van der Waals surface area contributed by atoms with Gasteiger partial charge in [0.2, 0.25) is 0 Å². The van der Waals surface area contributed by atoms with E-state index < -0.39 is 8.25 Å². The topological polar surface area (TPSA) is 63.2 Å². The van der Waals surface area contributed by atoms with E-state index in [1.165, 1.54) is 241 Å². The lowest BCUT2D eigenvalue weighted by molar-refractivity contribution is -0.890. The van der Waals surface area contributed by atoms with Gasteiger partial charge >= 0.3 is 0 Å². The van der Waals surface area contributed by atoms with Gasteiger partial charge < -0.3 is 18.8 Å². The molecule has 0 unspecified atom stereocenters. The second-order valence-electron chi connectivity index (χ2n) is 16.9. The lowest BCUT2D eigenvalue weighted by Gasteiger charge is -2.30. The van der Waals surface area contributed by atoms with Crippen molar-refractivity contribution < 1.29 is 23.3 Å². The van der Waals surface area contributed by atoms with Gasteiger partial charge in [0.25, 0.3) is 8.25 Å². The summed E-state index contributed by atoms with van der Waals surface area (Å²) >= 11 is 0. The van der Waals surface area contributed by atoms with Crippen LogP contribution in [0.4, 0.5) is 0 Å². The molecule has 0 saturated carbocycles. The Morgan fingerprint density at radius 1 is 0.300 bits per heavy atom. The van der Waals surface area contributed by atoms with Crippen molar-refractivity contribution in [3.05, 3.63) is 0 Å². The highest BCUT2D eigenvalue weighted by Crippen LogP contribution is 2.15. The fraction of sp³-hybridized carbons (Fsp3) is 1.00. The minimum Gasteiger partial charge on any atom is -0.598 e. The largest absolute Gasteiger partial charge is 0.598 e. The molecule has 0 aromatic carbocycles. The van der Waals surface area contributed by atoms with Gasteiger partial charge in [0.05, 0.1) is 54.4 Å².